The van der Waals surface area contributed by atoms with Crippen LogP contribution in [0, 0.1) is 18.3 Å². The summed E-state index contributed by atoms with van der Waals surface area (Å²) in [6.45, 7) is 15.5. The zero-order chi connectivity index (χ0) is 45.3. The maximum absolute atomic E-state index is 14.9. The maximum atomic E-state index is 14.9. The van der Waals surface area contributed by atoms with Gasteiger partial charge in [-0.1, -0.05) is 51.1 Å². The molecule has 3 fully saturated rings. The monoisotopic (exact) mass is 900 g/mol. The number of carbonyl (C=O) groups excluding carboxylic acids is 3. The second kappa shape index (κ2) is 18.6. The highest BCUT2D eigenvalue weighted by Gasteiger charge is 2.65. The number of rotatable bonds is 16. The molecular formula is C47H61N6O8PS. The summed E-state index contributed by atoms with van der Waals surface area (Å²) in [5.74, 6) is -0.447. The lowest BCUT2D eigenvalue weighted by Crippen LogP contribution is -2.58. The van der Waals surface area contributed by atoms with Gasteiger partial charge in [0.15, 0.2) is 5.13 Å². The number of anilines is 1. The van der Waals surface area contributed by atoms with E-state index in [9.17, 15) is 23.8 Å². The number of carbonyl (C=O) groups is 3. The lowest BCUT2D eigenvalue weighted by atomic mass is 9.85. The van der Waals surface area contributed by atoms with Gasteiger partial charge in [-0.05, 0) is 88.0 Å². The molecule has 7 rings (SSSR count). The van der Waals surface area contributed by atoms with Gasteiger partial charge in [0.25, 0.3) is 0 Å². The highest BCUT2D eigenvalue weighted by Crippen LogP contribution is 2.69. The number of ether oxygens (including phenoxy) is 3. The number of nitrogens with zero attached hydrogens (tertiary/aromatic N) is 3. The smallest absolute Gasteiger partial charge is 0.408 e. The fraction of sp³-hybridized carbons (Fsp3) is 0.511. The van der Waals surface area contributed by atoms with E-state index in [0.29, 0.717) is 40.2 Å². The molecule has 3 aliphatic rings. The molecule has 63 heavy (non-hydrogen) atoms. The summed E-state index contributed by atoms with van der Waals surface area (Å²) in [6.07, 6.45) is 4.05. The molecule has 0 bridgehead atoms. The van der Waals surface area contributed by atoms with Gasteiger partial charge in [0.05, 0.1) is 24.9 Å². The Bertz CT molecular complexity index is 2390. The van der Waals surface area contributed by atoms with E-state index in [1.54, 1.807) is 13.2 Å². The number of thiazole rings is 1. The van der Waals surface area contributed by atoms with E-state index in [-0.39, 0.29) is 37.7 Å². The second-order valence-corrected chi connectivity index (χ2v) is 22.0. The van der Waals surface area contributed by atoms with E-state index in [1.165, 1.54) is 16.2 Å². The average molecular weight is 901 g/mol. The molecule has 2 aliphatic carbocycles. The minimum Gasteiger partial charge on any atom is -0.497 e. The summed E-state index contributed by atoms with van der Waals surface area (Å²) in [5, 5.41) is 11.1. The number of hydrogen-bond acceptors (Lipinski definition) is 11. The zero-order valence-corrected chi connectivity index (χ0v) is 39.0. The van der Waals surface area contributed by atoms with Crippen LogP contribution in [0.1, 0.15) is 84.3 Å². The summed E-state index contributed by atoms with van der Waals surface area (Å²) in [6, 6.07) is 13.0. The first-order chi connectivity index (χ1) is 29.9. The number of nitrogens with one attached hydrogen (secondary N) is 3. The molecule has 3 amide bonds. The predicted molar refractivity (Wildman–Crippen MR) is 247 cm³/mol. The number of aromatic nitrogens is 2. The van der Waals surface area contributed by atoms with Crippen LogP contribution in [0.25, 0.3) is 22.3 Å². The molecule has 6 atom stereocenters. The summed E-state index contributed by atoms with van der Waals surface area (Å²) >= 11 is 1.46. The van der Waals surface area contributed by atoms with Crippen molar-refractivity contribution in [3.8, 4) is 22.9 Å². The standard InChI is InChI=1S/C47H61N6O8PS/c1-9-31-25-47(31,62(57,58)21-20-30-15-11-10-14-29(30)4)52-42(54)39-23-34(26-53(39)43(55)41(46(5,6)7)51-45(56)61-32-16-12-13-17-32)60-40-24-37(38-27-63-44(50-38)48-28(2)3)49-36-22-33(59-8)18-19-35(36)40/h9-11,14-15,18-19,22,24,27-28,31-32,34,39,41H,1,12-13,16-17,20-21,23,25-26H2,2-8H3,(H,48,50)(H,51,56)(H,52,54)(H,57,58)/t31-,34-,39+,41-,47+/m1/s1. The van der Waals surface area contributed by atoms with Gasteiger partial charge < -0.3 is 40.0 Å². The summed E-state index contributed by atoms with van der Waals surface area (Å²) in [7, 11) is -2.46. The predicted octanol–water partition coefficient (Wildman–Crippen LogP) is 8.46. The summed E-state index contributed by atoms with van der Waals surface area (Å²) < 4.78 is 32.5. The normalized spacial score (nSPS) is 22.6. The van der Waals surface area contributed by atoms with Gasteiger partial charge in [-0.3, -0.25) is 14.2 Å². The molecule has 4 N–H and O–H groups in total. The molecule has 1 aliphatic heterocycles. The van der Waals surface area contributed by atoms with Crippen LogP contribution in [0.5, 0.6) is 11.5 Å². The third kappa shape index (κ3) is 10.2. The van der Waals surface area contributed by atoms with E-state index < -0.39 is 60.1 Å². The van der Waals surface area contributed by atoms with Gasteiger partial charge in [-0.15, -0.1) is 17.9 Å². The Hall–Kier alpha value is -4.98. The van der Waals surface area contributed by atoms with Crippen molar-refractivity contribution in [3.05, 3.63) is 77.7 Å². The van der Waals surface area contributed by atoms with Crippen molar-refractivity contribution in [2.45, 2.75) is 122 Å². The number of hydrogen-bond donors (Lipinski definition) is 4. The largest absolute Gasteiger partial charge is 0.497 e. The molecule has 0 radical (unpaired) electrons. The molecule has 16 heteroatoms. The van der Waals surface area contributed by atoms with Crippen LogP contribution in [0.2, 0.25) is 0 Å². The molecule has 0 spiro atoms. The maximum Gasteiger partial charge on any atom is 0.408 e. The van der Waals surface area contributed by atoms with Gasteiger partial charge >= 0.3 is 6.09 Å². The first-order valence-corrected chi connectivity index (χ1v) is 24.6. The zero-order valence-electron chi connectivity index (χ0n) is 37.3. The molecule has 2 aromatic carbocycles. The van der Waals surface area contributed by atoms with Crippen molar-refractivity contribution >= 4 is 52.6 Å². The molecule has 2 aromatic heterocycles. The van der Waals surface area contributed by atoms with Crippen molar-refractivity contribution < 1.29 is 38.1 Å². The van der Waals surface area contributed by atoms with Gasteiger partial charge in [0.2, 0.25) is 19.2 Å². The highest BCUT2D eigenvalue weighted by atomic mass is 32.1. The quantitative estimate of drug-likeness (QED) is 0.0626. The number of pyridine rings is 1. The number of likely N-dealkylation sites (tertiary alicyclic amines) is 1. The number of aryl methyl sites for hydroxylation is 2. The van der Waals surface area contributed by atoms with Crippen LogP contribution < -0.4 is 25.4 Å². The van der Waals surface area contributed by atoms with E-state index in [0.717, 1.165) is 41.9 Å². The molecular weight excluding hydrogens is 840 g/mol. The number of fused-ring (bicyclic) bond motifs is 1. The van der Waals surface area contributed by atoms with Crippen LogP contribution in [0.4, 0.5) is 9.93 Å². The van der Waals surface area contributed by atoms with E-state index in [2.05, 4.69) is 22.5 Å². The van der Waals surface area contributed by atoms with Crippen LogP contribution in [0.3, 0.4) is 0 Å². The number of alkyl carbamates (subject to hydrolysis) is 1. The number of amides is 3. The van der Waals surface area contributed by atoms with Gasteiger partial charge in [-0.2, -0.15) is 0 Å². The van der Waals surface area contributed by atoms with Crippen molar-refractivity contribution in [1.82, 2.24) is 25.5 Å². The fourth-order valence-corrected chi connectivity index (χ4v) is 11.9. The Balaban J connectivity index is 1.21. The van der Waals surface area contributed by atoms with Crippen molar-refractivity contribution in [2.75, 3.05) is 25.1 Å². The molecule has 14 nitrogen and oxygen atoms in total. The van der Waals surface area contributed by atoms with Crippen LogP contribution in [-0.4, -0.2) is 93.1 Å². The first-order valence-electron chi connectivity index (χ1n) is 21.9. The Kier molecular flexibility index (Phi) is 13.6. The van der Waals surface area contributed by atoms with Gasteiger partial charge in [0, 0.05) is 47.4 Å². The Morgan fingerprint density at radius 3 is 2.49 bits per heavy atom. The minimum atomic E-state index is -4.04. The van der Waals surface area contributed by atoms with E-state index in [1.807, 2.05) is 95.5 Å². The fourth-order valence-electron chi connectivity index (χ4n) is 8.76. The summed E-state index contributed by atoms with van der Waals surface area (Å²) in [4.78, 5) is 66.0. The lowest BCUT2D eigenvalue weighted by molar-refractivity contribution is -0.142. The Morgan fingerprint density at radius 1 is 1.08 bits per heavy atom. The van der Waals surface area contributed by atoms with E-state index in [4.69, 9.17) is 24.2 Å². The van der Waals surface area contributed by atoms with Gasteiger partial charge in [-0.25, -0.2) is 14.8 Å². The minimum absolute atomic E-state index is 0.0146. The van der Waals surface area contributed by atoms with Gasteiger partial charge in [0.1, 0.15) is 46.8 Å². The molecule has 2 saturated carbocycles. The lowest BCUT2D eigenvalue weighted by Gasteiger charge is -2.36. The molecule has 1 unspecified atom stereocenters. The highest BCUT2D eigenvalue weighted by molar-refractivity contribution is 7.60. The molecule has 1 saturated heterocycles. The third-order valence-corrected chi connectivity index (χ3v) is 15.9. The average Bonchev–Trinajstić information content (AvgIpc) is 3.63. The second-order valence-electron chi connectivity index (χ2n) is 18.5. The molecule has 3 heterocycles. The van der Waals surface area contributed by atoms with Crippen molar-refractivity contribution in [3.63, 3.8) is 0 Å². The Morgan fingerprint density at radius 2 is 1.83 bits per heavy atom. The molecule has 4 aromatic rings. The van der Waals surface area contributed by atoms with Crippen molar-refractivity contribution in [1.29, 1.82) is 0 Å². The number of methoxy groups -OCH3 is 1. The first kappa shape index (κ1) is 46.0. The van der Waals surface area contributed by atoms with Crippen LogP contribution in [-0.2, 0) is 25.3 Å². The topological polar surface area (TPSA) is 181 Å². The number of benzene rings is 2. The van der Waals surface area contributed by atoms with E-state index >= 15 is 0 Å². The van der Waals surface area contributed by atoms with Crippen LogP contribution in [0.15, 0.2) is 66.6 Å². The van der Waals surface area contributed by atoms with Crippen LogP contribution >= 0.6 is 18.7 Å². The SMILES string of the molecule is C=C[C@@H]1C[C@]1(NC(=O)[C@@H]1C[C@@H](Oc2cc(-c3csc(NC(C)C)n3)nc3cc(OC)ccc23)CN1C(=O)[C@@H](NC(=O)OC1CCCC1)C(C)(C)C)P(=O)(O)CCc1ccccc1C. The Labute approximate surface area is 374 Å². The third-order valence-electron chi connectivity index (χ3n) is 12.4. The molecule has 338 valence electrons. The van der Waals surface area contributed by atoms with Crippen molar-refractivity contribution in [2.24, 2.45) is 11.3 Å². The summed E-state index contributed by atoms with van der Waals surface area (Å²) in [5.41, 5.74) is 2.98.